The summed E-state index contributed by atoms with van der Waals surface area (Å²) < 4.78 is 0.976. The van der Waals surface area contributed by atoms with Crippen LogP contribution in [0.4, 0.5) is 0 Å². The van der Waals surface area contributed by atoms with Gasteiger partial charge in [-0.25, -0.2) is 0 Å². The molecule has 0 saturated carbocycles. The van der Waals surface area contributed by atoms with E-state index in [0.717, 1.165) is 21.2 Å². The highest BCUT2D eigenvalue weighted by atomic mass is 79.9. The molecule has 0 heterocycles. The van der Waals surface area contributed by atoms with E-state index in [2.05, 4.69) is 21.2 Å². The minimum Gasteiger partial charge on any atom is -0.348 e. The molecule has 4 heteroatoms. The number of benzene rings is 2. The second kappa shape index (κ2) is 6.68. The fourth-order valence-corrected chi connectivity index (χ4v) is 2.43. The molecule has 0 radical (unpaired) electrons. The van der Waals surface area contributed by atoms with Gasteiger partial charge in [0, 0.05) is 23.1 Å². The summed E-state index contributed by atoms with van der Waals surface area (Å²) in [6.45, 7) is 2.97. The van der Waals surface area contributed by atoms with Crippen molar-refractivity contribution in [3.05, 3.63) is 69.2 Å². The van der Waals surface area contributed by atoms with Gasteiger partial charge in [0.1, 0.15) is 0 Å². The summed E-state index contributed by atoms with van der Waals surface area (Å²) in [6, 6.07) is 13.6. The quantitative estimate of drug-likeness (QED) is 0.903. The smallest absolute Gasteiger partial charge is 0.251 e. The monoisotopic (exact) mass is 332 g/mol. The third-order valence-corrected chi connectivity index (χ3v) is 3.64. The maximum Gasteiger partial charge on any atom is 0.251 e. The van der Waals surface area contributed by atoms with Gasteiger partial charge in [-0.3, -0.25) is 4.79 Å². The number of halogens is 1. The van der Waals surface area contributed by atoms with Crippen LogP contribution < -0.4 is 11.1 Å². The summed E-state index contributed by atoms with van der Waals surface area (Å²) in [7, 11) is 0. The van der Waals surface area contributed by atoms with Gasteiger partial charge in [0.15, 0.2) is 0 Å². The minimum atomic E-state index is -0.0575. The van der Waals surface area contributed by atoms with Crippen LogP contribution in [-0.2, 0) is 13.1 Å². The Morgan fingerprint density at radius 3 is 2.40 bits per heavy atom. The van der Waals surface area contributed by atoms with E-state index >= 15 is 0 Å². The van der Waals surface area contributed by atoms with Crippen LogP contribution in [0.1, 0.15) is 27.0 Å². The van der Waals surface area contributed by atoms with Gasteiger partial charge in [0.05, 0.1) is 0 Å². The van der Waals surface area contributed by atoms with Gasteiger partial charge >= 0.3 is 0 Å². The molecule has 0 saturated heterocycles. The van der Waals surface area contributed by atoms with Crippen LogP contribution in [0.5, 0.6) is 0 Å². The minimum absolute atomic E-state index is 0.0575. The Balaban J connectivity index is 2.00. The second-order valence-corrected chi connectivity index (χ2v) is 5.58. The molecule has 2 rings (SSSR count). The Morgan fingerprint density at radius 1 is 1.15 bits per heavy atom. The zero-order valence-electron chi connectivity index (χ0n) is 11.3. The summed E-state index contributed by atoms with van der Waals surface area (Å²) in [4.78, 5) is 12.1. The number of hydrogen-bond acceptors (Lipinski definition) is 2. The second-order valence-electron chi connectivity index (χ2n) is 4.66. The van der Waals surface area contributed by atoms with Gasteiger partial charge in [0.25, 0.3) is 5.91 Å². The number of nitrogens with one attached hydrogen (secondary N) is 1. The van der Waals surface area contributed by atoms with Gasteiger partial charge in [0.2, 0.25) is 0 Å². The summed E-state index contributed by atoms with van der Waals surface area (Å²) in [6.07, 6.45) is 0. The topological polar surface area (TPSA) is 55.1 Å². The molecule has 20 heavy (non-hydrogen) atoms. The van der Waals surface area contributed by atoms with E-state index in [1.165, 1.54) is 0 Å². The first kappa shape index (κ1) is 14.8. The van der Waals surface area contributed by atoms with Crippen LogP contribution in [0.15, 0.2) is 46.9 Å². The molecule has 0 aromatic heterocycles. The highest BCUT2D eigenvalue weighted by molar-refractivity contribution is 9.10. The zero-order valence-corrected chi connectivity index (χ0v) is 12.9. The largest absolute Gasteiger partial charge is 0.348 e. The molecule has 0 spiro atoms. The molecule has 0 aliphatic rings. The number of hydrogen-bond donors (Lipinski definition) is 2. The Bertz CT molecular complexity index is 608. The van der Waals surface area contributed by atoms with E-state index in [0.29, 0.717) is 18.7 Å². The molecule has 0 aliphatic heterocycles. The molecule has 1 amide bonds. The fourth-order valence-electron chi connectivity index (χ4n) is 1.95. The number of aryl methyl sites for hydroxylation is 1. The molecule has 0 bridgehead atoms. The van der Waals surface area contributed by atoms with E-state index in [-0.39, 0.29) is 5.91 Å². The number of nitrogens with two attached hydrogens (primary N) is 1. The van der Waals surface area contributed by atoms with E-state index in [1.807, 2.05) is 49.4 Å². The number of carbonyl (C=O) groups excluding carboxylic acids is 1. The molecule has 2 aromatic carbocycles. The zero-order chi connectivity index (χ0) is 14.5. The maximum absolute atomic E-state index is 12.1. The van der Waals surface area contributed by atoms with Crippen molar-refractivity contribution < 1.29 is 4.79 Å². The van der Waals surface area contributed by atoms with Crippen LogP contribution >= 0.6 is 15.9 Å². The summed E-state index contributed by atoms with van der Waals surface area (Å²) in [5.74, 6) is -0.0575. The molecule has 0 atom stereocenters. The normalized spacial score (nSPS) is 10.3. The van der Waals surface area contributed by atoms with Crippen molar-refractivity contribution in [2.45, 2.75) is 20.0 Å². The Labute approximate surface area is 127 Å². The average Bonchev–Trinajstić information content (AvgIpc) is 2.45. The SMILES string of the molecule is Cc1cc(Br)ccc1C(=O)NCc1ccc(CN)cc1. The number of rotatable bonds is 4. The van der Waals surface area contributed by atoms with Crippen molar-refractivity contribution in [3.8, 4) is 0 Å². The molecule has 0 aliphatic carbocycles. The van der Waals surface area contributed by atoms with E-state index in [1.54, 1.807) is 0 Å². The molecule has 0 unspecified atom stereocenters. The van der Waals surface area contributed by atoms with E-state index in [4.69, 9.17) is 5.73 Å². The molecule has 104 valence electrons. The molecule has 3 nitrogen and oxygen atoms in total. The first-order chi connectivity index (χ1) is 9.60. The lowest BCUT2D eigenvalue weighted by molar-refractivity contribution is 0.0950. The standard InChI is InChI=1S/C16H17BrN2O/c1-11-8-14(17)6-7-15(11)16(20)19-10-13-4-2-12(9-18)3-5-13/h2-8H,9-10,18H2,1H3,(H,19,20). The van der Waals surface area contributed by atoms with Crippen molar-refractivity contribution in [2.24, 2.45) is 5.73 Å². The lowest BCUT2D eigenvalue weighted by Crippen LogP contribution is -2.23. The molecular weight excluding hydrogens is 316 g/mol. The predicted octanol–water partition coefficient (Wildman–Crippen LogP) is 3.15. The average molecular weight is 333 g/mol. The maximum atomic E-state index is 12.1. The van der Waals surface area contributed by atoms with Crippen molar-refractivity contribution >= 4 is 21.8 Å². The fraction of sp³-hybridized carbons (Fsp3) is 0.188. The third-order valence-electron chi connectivity index (χ3n) is 3.14. The first-order valence-corrected chi connectivity index (χ1v) is 7.21. The lowest BCUT2D eigenvalue weighted by Gasteiger charge is -2.08. The van der Waals surface area contributed by atoms with E-state index in [9.17, 15) is 4.79 Å². The van der Waals surface area contributed by atoms with Crippen LogP contribution in [-0.4, -0.2) is 5.91 Å². The molecular formula is C16H17BrN2O. The summed E-state index contributed by atoms with van der Waals surface area (Å²) >= 11 is 3.39. The predicted molar refractivity (Wildman–Crippen MR) is 84.4 cm³/mol. The highest BCUT2D eigenvalue weighted by Crippen LogP contribution is 2.16. The Morgan fingerprint density at radius 2 is 1.80 bits per heavy atom. The molecule has 3 N–H and O–H groups in total. The first-order valence-electron chi connectivity index (χ1n) is 6.42. The highest BCUT2D eigenvalue weighted by Gasteiger charge is 2.08. The van der Waals surface area contributed by atoms with Gasteiger partial charge in [-0.2, -0.15) is 0 Å². The van der Waals surface area contributed by atoms with Crippen molar-refractivity contribution in [2.75, 3.05) is 0 Å². The lowest BCUT2D eigenvalue weighted by atomic mass is 10.1. The van der Waals surface area contributed by atoms with Crippen LogP contribution in [0.2, 0.25) is 0 Å². The van der Waals surface area contributed by atoms with Gasteiger partial charge in [-0.15, -0.1) is 0 Å². The number of carbonyl (C=O) groups is 1. The Kier molecular flexibility index (Phi) is 4.93. The summed E-state index contributed by atoms with van der Waals surface area (Å²) in [5.41, 5.74) is 9.36. The van der Waals surface area contributed by atoms with Crippen LogP contribution in [0.25, 0.3) is 0 Å². The van der Waals surface area contributed by atoms with E-state index < -0.39 is 0 Å². The third kappa shape index (κ3) is 3.68. The van der Waals surface area contributed by atoms with Crippen LogP contribution in [0, 0.1) is 6.92 Å². The van der Waals surface area contributed by atoms with Crippen molar-refractivity contribution in [1.82, 2.24) is 5.32 Å². The van der Waals surface area contributed by atoms with Gasteiger partial charge < -0.3 is 11.1 Å². The van der Waals surface area contributed by atoms with Gasteiger partial charge in [-0.1, -0.05) is 40.2 Å². The summed E-state index contributed by atoms with van der Waals surface area (Å²) in [5, 5.41) is 2.93. The van der Waals surface area contributed by atoms with Crippen molar-refractivity contribution in [3.63, 3.8) is 0 Å². The Hall–Kier alpha value is -1.65. The van der Waals surface area contributed by atoms with Gasteiger partial charge in [-0.05, 0) is 41.8 Å². The molecule has 0 fully saturated rings. The number of amides is 1. The molecule has 2 aromatic rings. The van der Waals surface area contributed by atoms with Crippen molar-refractivity contribution in [1.29, 1.82) is 0 Å². The van der Waals surface area contributed by atoms with Crippen LogP contribution in [0.3, 0.4) is 0 Å².